The average molecular weight is 290 g/mol. The van der Waals surface area contributed by atoms with Crippen LogP contribution in [0.2, 0.25) is 0 Å². The minimum atomic E-state index is -1.12. The number of nitrogens with two attached hydrogens (primary N) is 1. The van der Waals surface area contributed by atoms with Crippen LogP contribution in [0.4, 0.5) is 5.69 Å². The SMILES string of the molecule is Cc1cc(-c2nnco2)ccc1NC(=O)C(N)CC(=O)O. The van der Waals surface area contributed by atoms with Gasteiger partial charge in [0.25, 0.3) is 0 Å². The average Bonchev–Trinajstić information content (AvgIpc) is 2.94. The molecule has 0 saturated heterocycles. The molecule has 2 aromatic rings. The molecule has 1 heterocycles. The van der Waals surface area contributed by atoms with Crippen molar-refractivity contribution in [2.45, 2.75) is 19.4 Å². The van der Waals surface area contributed by atoms with E-state index in [4.69, 9.17) is 15.3 Å². The Morgan fingerprint density at radius 2 is 2.24 bits per heavy atom. The van der Waals surface area contributed by atoms with Crippen LogP contribution in [0.25, 0.3) is 11.5 Å². The van der Waals surface area contributed by atoms with Crippen molar-refractivity contribution < 1.29 is 19.1 Å². The summed E-state index contributed by atoms with van der Waals surface area (Å²) in [5.41, 5.74) is 7.53. The van der Waals surface area contributed by atoms with Crippen molar-refractivity contribution >= 4 is 17.6 Å². The third-order valence-corrected chi connectivity index (χ3v) is 2.82. The van der Waals surface area contributed by atoms with Crippen molar-refractivity contribution in [3.05, 3.63) is 30.2 Å². The number of carboxylic acids is 1. The summed E-state index contributed by atoms with van der Waals surface area (Å²) in [6.45, 7) is 1.79. The molecule has 0 aliphatic rings. The van der Waals surface area contributed by atoms with E-state index in [1.165, 1.54) is 6.39 Å². The van der Waals surface area contributed by atoms with E-state index in [0.29, 0.717) is 11.6 Å². The Morgan fingerprint density at radius 1 is 1.48 bits per heavy atom. The molecule has 0 aliphatic heterocycles. The number of amides is 1. The van der Waals surface area contributed by atoms with Crippen LogP contribution in [0.15, 0.2) is 29.0 Å². The number of nitrogens with one attached hydrogen (secondary N) is 1. The Kier molecular flexibility index (Phi) is 4.29. The van der Waals surface area contributed by atoms with Gasteiger partial charge in [-0.3, -0.25) is 9.59 Å². The van der Waals surface area contributed by atoms with Gasteiger partial charge in [-0.2, -0.15) is 0 Å². The molecule has 0 saturated carbocycles. The van der Waals surface area contributed by atoms with Crippen molar-refractivity contribution in [3.63, 3.8) is 0 Å². The first kappa shape index (κ1) is 14.7. The third kappa shape index (κ3) is 3.63. The summed E-state index contributed by atoms with van der Waals surface area (Å²) < 4.78 is 5.08. The van der Waals surface area contributed by atoms with Crippen LogP contribution < -0.4 is 11.1 Å². The second-order valence-electron chi connectivity index (χ2n) is 4.47. The highest BCUT2D eigenvalue weighted by Gasteiger charge is 2.18. The van der Waals surface area contributed by atoms with Crippen LogP contribution in [0.3, 0.4) is 0 Å². The number of anilines is 1. The zero-order valence-electron chi connectivity index (χ0n) is 11.2. The van der Waals surface area contributed by atoms with Crippen LogP contribution in [0.1, 0.15) is 12.0 Å². The minimum absolute atomic E-state index is 0.374. The Labute approximate surface area is 120 Å². The zero-order chi connectivity index (χ0) is 15.4. The molecule has 1 aromatic heterocycles. The largest absolute Gasteiger partial charge is 0.481 e. The van der Waals surface area contributed by atoms with Crippen molar-refractivity contribution in [1.29, 1.82) is 0 Å². The molecule has 8 nitrogen and oxygen atoms in total. The van der Waals surface area contributed by atoms with Gasteiger partial charge in [-0.1, -0.05) is 0 Å². The van der Waals surface area contributed by atoms with Gasteiger partial charge in [-0.05, 0) is 30.7 Å². The van der Waals surface area contributed by atoms with Gasteiger partial charge < -0.3 is 20.6 Å². The molecule has 0 bridgehead atoms. The Balaban J connectivity index is 2.11. The van der Waals surface area contributed by atoms with E-state index < -0.39 is 24.3 Å². The summed E-state index contributed by atoms with van der Waals surface area (Å²) >= 11 is 0. The maximum Gasteiger partial charge on any atom is 0.305 e. The number of aromatic nitrogens is 2. The van der Waals surface area contributed by atoms with Gasteiger partial charge in [-0.25, -0.2) is 0 Å². The van der Waals surface area contributed by atoms with Crippen LogP contribution in [0, 0.1) is 6.92 Å². The fourth-order valence-corrected chi connectivity index (χ4v) is 1.74. The summed E-state index contributed by atoms with van der Waals surface area (Å²) in [4.78, 5) is 22.3. The standard InChI is InChI=1S/C13H14N4O4/c1-7-4-8(13-17-15-6-21-13)2-3-10(7)16-12(20)9(14)5-11(18)19/h2-4,6,9H,5,14H2,1H3,(H,16,20)(H,18,19). The Hall–Kier alpha value is -2.74. The number of carbonyl (C=O) groups is 2. The molecule has 1 amide bonds. The monoisotopic (exact) mass is 290 g/mol. The molecule has 110 valence electrons. The van der Waals surface area contributed by atoms with E-state index in [-0.39, 0.29) is 0 Å². The molecule has 0 radical (unpaired) electrons. The fourth-order valence-electron chi connectivity index (χ4n) is 1.74. The topological polar surface area (TPSA) is 131 Å². The van der Waals surface area contributed by atoms with Gasteiger partial charge in [0.05, 0.1) is 12.5 Å². The summed E-state index contributed by atoms with van der Waals surface area (Å²) in [5.74, 6) is -1.30. The highest BCUT2D eigenvalue weighted by molar-refractivity contribution is 5.97. The van der Waals surface area contributed by atoms with E-state index >= 15 is 0 Å². The summed E-state index contributed by atoms with van der Waals surface area (Å²) in [6, 6.07) is 4.04. The van der Waals surface area contributed by atoms with Gasteiger partial charge >= 0.3 is 5.97 Å². The molecule has 2 rings (SSSR count). The van der Waals surface area contributed by atoms with Crippen LogP contribution in [-0.4, -0.2) is 33.2 Å². The smallest absolute Gasteiger partial charge is 0.305 e. The minimum Gasteiger partial charge on any atom is -0.481 e. The number of hydrogen-bond acceptors (Lipinski definition) is 6. The lowest BCUT2D eigenvalue weighted by atomic mass is 10.1. The molecule has 0 aliphatic carbocycles. The maximum absolute atomic E-state index is 11.8. The van der Waals surface area contributed by atoms with Gasteiger partial charge in [0.2, 0.25) is 18.2 Å². The van der Waals surface area contributed by atoms with Crippen LogP contribution in [-0.2, 0) is 9.59 Å². The molecule has 1 unspecified atom stereocenters. The molecule has 21 heavy (non-hydrogen) atoms. The first-order chi connectivity index (χ1) is 9.97. The quantitative estimate of drug-likeness (QED) is 0.741. The fraction of sp³-hybridized carbons (Fsp3) is 0.231. The number of aliphatic carboxylic acids is 1. The molecule has 1 aromatic carbocycles. The Morgan fingerprint density at radius 3 is 2.81 bits per heavy atom. The number of carboxylic acid groups (broad SMARTS) is 1. The van der Waals surface area contributed by atoms with E-state index in [1.807, 2.05) is 0 Å². The maximum atomic E-state index is 11.8. The molecule has 1 atom stereocenters. The first-order valence-corrected chi connectivity index (χ1v) is 6.13. The van der Waals surface area contributed by atoms with Gasteiger partial charge in [-0.15, -0.1) is 10.2 Å². The molecular weight excluding hydrogens is 276 g/mol. The Bertz CT molecular complexity index is 654. The normalized spacial score (nSPS) is 11.9. The van der Waals surface area contributed by atoms with Gasteiger partial charge in [0.15, 0.2) is 0 Å². The van der Waals surface area contributed by atoms with Crippen molar-refractivity contribution in [3.8, 4) is 11.5 Å². The molecular formula is C13H14N4O4. The zero-order valence-corrected chi connectivity index (χ0v) is 11.2. The lowest BCUT2D eigenvalue weighted by molar-refractivity contribution is -0.138. The molecule has 0 spiro atoms. The highest BCUT2D eigenvalue weighted by atomic mass is 16.4. The molecule has 0 fully saturated rings. The van der Waals surface area contributed by atoms with E-state index in [1.54, 1.807) is 25.1 Å². The van der Waals surface area contributed by atoms with Crippen LogP contribution in [0.5, 0.6) is 0 Å². The van der Waals surface area contributed by atoms with Crippen molar-refractivity contribution in [2.75, 3.05) is 5.32 Å². The van der Waals surface area contributed by atoms with E-state index in [2.05, 4.69) is 15.5 Å². The number of rotatable bonds is 5. The number of aryl methyl sites for hydroxylation is 1. The summed E-state index contributed by atoms with van der Waals surface area (Å²) in [7, 11) is 0. The van der Waals surface area contributed by atoms with E-state index in [0.717, 1.165) is 11.1 Å². The highest BCUT2D eigenvalue weighted by Crippen LogP contribution is 2.23. The summed E-state index contributed by atoms with van der Waals surface area (Å²) in [6.07, 6.45) is 0.802. The number of carbonyl (C=O) groups excluding carboxylic acids is 1. The third-order valence-electron chi connectivity index (χ3n) is 2.82. The van der Waals surface area contributed by atoms with Crippen molar-refractivity contribution in [1.82, 2.24) is 10.2 Å². The predicted octanol–water partition coefficient (Wildman–Crippen LogP) is 0.786. The van der Waals surface area contributed by atoms with E-state index in [9.17, 15) is 9.59 Å². The number of nitrogens with zero attached hydrogens (tertiary/aromatic N) is 2. The van der Waals surface area contributed by atoms with Gasteiger partial charge in [0, 0.05) is 11.3 Å². The first-order valence-electron chi connectivity index (χ1n) is 6.13. The summed E-state index contributed by atoms with van der Waals surface area (Å²) in [5, 5.41) is 18.6. The predicted molar refractivity (Wildman–Crippen MR) is 73.3 cm³/mol. The number of benzene rings is 1. The molecule has 4 N–H and O–H groups in total. The van der Waals surface area contributed by atoms with Crippen molar-refractivity contribution in [2.24, 2.45) is 5.73 Å². The second kappa shape index (κ2) is 6.14. The lowest BCUT2D eigenvalue weighted by Crippen LogP contribution is -2.37. The van der Waals surface area contributed by atoms with Gasteiger partial charge in [0.1, 0.15) is 0 Å². The van der Waals surface area contributed by atoms with Crippen LogP contribution >= 0.6 is 0 Å². The molecule has 8 heteroatoms. The number of hydrogen-bond donors (Lipinski definition) is 3. The second-order valence-corrected chi connectivity index (χ2v) is 4.47. The lowest BCUT2D eigenvalue weighted by Gasteiger charge is -2.12.